The highest BCUT2D eigenvalue weighted by Crippen LogP contribution is 2.10. The van der Waals surface area contributed by atoms with Crippen LogP contribution in [0.5, 0.6) is 0 Å². The summed E-state index contributed by atoms with van der Waals surface area (Å²) in [5, 5.41) is 0. The van der Waals surface area contributed by atoms with Crippen molar-refractivity contribution >= 4 is 0 Å². The van der Waals surface area contributed by atoms with Crippen LogP contribution < -0.4 is 5.48 Å². The van der Waals surface area contributed by atoms with Gasteiger partial charge in [-0.15, -0.1) is 0 Å². The Balaban J connectivity index is 2.90. The fourth-order valence-corrected chi connectivity index (χ4v) is 1.81. The summed E-state index contributed by atoms with van der Waals surface area (Å²) in [5.74, 6) is 0.860. The number of ether oxygens (including phenoxy) is 1. The van der Waals surface area contributed by atoms with Gasteiger partial charge in [0.2, 0.25) is 0 Å². The van der Waals surface area contributed by atoms with Crippen LogP contribution in [0.2, 0.25) is 0 Å². The second kappa shape index (κ2) is 14.9. The van der Waals surface area contributed by atoms with Crippen molar-refractivity contribution in [2.24, 2.45) is 5.92 Å². The van der Waals surface area contributed by atoms with Gasteiger partial charge >= 0.3 is 0 Å². The van der Waals surface area contributed by atoms with E-state index >= 15 is 0 Å². The molecule has 0 aromatic heterocycles. The monoisotopic (exact) mass is 259 g/mol. The van der Waals surface area contributed by atoms with Crippen LogP contribution in [-0.4, -0.2) is 26.4 Å². The van der Waals surface area contributed by atoms with Crippen LogP contribution in [0.15, 0.2) is 0 Å². The molecule has 0 amide bonds. The van der Waals surface area contributed by atoms with Crippen molar-refractivity contribution in [2.45, 2.75) is 65.7 Å². The second-order valence-corrected chi connectivity index (χ2v) is 5.24. The quantitative estimate of drug-likeness (QED) is 0.379. The molecule has 0 rings (SSSR count). The van der Waals surface area contributed by atoms with E-state index in [9.17, 15) is 0 Å². The maximum absolute atomic E-state index is 5.56. The van der Waals surface area contributed by atoms with Gasteiger partial charge in [-0.05, 0) is 25.7 Å². The number of hydroxylamine groups is 1. The van der Waals surface area contributed by atoms with E-state index in [0.29, 0.717) is 0 Å². The Morgan fingerprint density at radius 3 is 2.28 bits per heavy atom. The lowest BCUT2D eigenvalue weighted by atomic mass is 10.0. The lowest BCUT2D eigenvalue weighted by molar-refractivity contribution is 0.0420. The molecule has 0 aliphatic carbocycles. The van der Waals surface area contributed by atoms with E-state index in [0.717, 1.165) is 38.7 Å². The summed E-state index contributed by atoms with van der Waals surface area (Å²) in [4.78, 5) is 5.03. The van der Waals surface area contributed by atoms with E-state index in [-0.39, 0.29) is 0 Å². The summed E-state index contributed by atoms with van der Waals surface area (Å²) in [6.45, 7) is 9.93. The summed E-state index contributed by atoms with van der Waals surface area (Å²) < 4.78 is 5.56. The number of hydrogen-bond donors (Lipinski definition) is 1. The average Bonchev–Trinajstić information content (AvgIpc) is 2.34. The zero-order chi connectivity index (χ0) is 13.5. The molecular formula is C15H33NO2. The molecule has 0 bridgehead atoms. The van der Waals surface area contributed by atoms with Crippen molar-refractivity contribution in [3.05, 3.63) is 0 Å². The second-order valence-electron chi connectivity index (χ2n) is 5.24. The first-order chi connectivity index (χ1) is 8.77. The molecule has 3 nitrogen and oxygen atoms in total. The molecule has 0 spiro atoms. The van der Waals surface area contributed by atoms with E-state index < -0.39 is 0 Å². The number of nitrogens with one attached hydrogen (secondary N) is 1. The van der Waals surface area contributed by atoms with Gasteiger partial charge in [0.25, 0.3) is 0 Å². The topological polar surface area (TPSA) is 30.5 Å². The maximum Gasteiger partial charge on any atom is 0.0653 e. The predicted molar refractivity (Wildman–Crippen MR) is 77.6 cm³/mol. The molecule has 0 unspecified atom stereocenters. The minimum Gasteiger partial charge on any atom is -0.381 e. The molecule has 0 aromatic rings. The Bertz CT molecular complexity index is 151. The van der Waals surface area contributed by atoms with Gasteiger partial charge < -0.3 is 9.57 Å². The third-order valence-electron chi connectivity index (χ3n) is 2.88. The average molecular weight is 259 g/mol. The fourth-order valence-electron chi connectivity index (χ4n) is 1.81. The maximum atomic E-state index is 5.56. The van der Waals surface area contributed by atoms with Crippen LogP contribution in [-0.2, 0) is 9.57 Å². The third kappa shape index (κ3) is 15.9. The summed E-state index contributed by atoms with van der Waals surface area (Å²) in [5.41, 5.74) is 2.89. The van der Waals surface area contributed by atoms with Crippen molar-refractivity contribution in [3.63, 3.8) is 0 Å². The Morgan fingerprint density at radius 1 is 0.889 bits per heavy atom. The molecule has 0 fully saturated rings. The van der Waals surface area contributed by atoms with E-state index in [2.05, 4.69) is 19.3 Å². The van der Waals surface area contributed by atoms with Gasteiger partial charge in [0.15, 0.2) is 0 Å². The van der Waals surface area contributed by atoms with Gasteiger partial charge in [0.05, 0.1) is 6.61 Å². The zero-order valence-corrected chi connectivity index (χ0v) is 12.7. The van der Waals surface area contributed by atoms with E-state index in [4.69, 9.17) is 9.57 Å². The van der Waals surface area contributed by atoms with Gasteiger partial charge in [0, 0.05) is 19.8 Å². The zero-order valence-electron chi connectivity index (χ0n) is 12.7. The summed E-state index contributed by atoms with van der Waals surface area (Å²) in [6, 6.07) is 0. The minimum absolute atomic E-state index is 0.720. The van der Waals surface area contributed by atoms with Crippen molar-refractivity contribution < 1.29 is 9.57 Å². The first-order valence-corrected chi connectivity index (χ1v) is 7.69. The van der Waals surface area contributed by atoms with Crippen LogP contribution >= 0.6 is 0 Å². The molecular weight excluding hydrogens is 226 g/mol. The van der Waals surface area contributed by atoms with Crippen LogP contribution in [0.1, 0.15) is 65.7 Å². The molecule has 0 radical (unpaired) electrons. The van der Waals surface area contributed by atoms with E-state index in [1.165, 1.54) is 38.5 Å². The summed E-state index contributed by atoms with van der Waals surface area (Å²) in [6.07, 6.45) is 9.06. The molecule has 1 N–H and O–H groups in total. The molecule has 0 saturated heterocycles. The smallest absolute Gasteiger partial charge is 0.0653 e. The Labute approximate surface area is 114 Å². The molecule has 110 valence electrons. The van der Waals surface area contributed by atoms with Gasteiger partial charge in [0.1, 0.15) is 0 Å². The molecule has 0 heterocycles. The third-order valence-corrected chi connectivity index (χ3v) is 2.88. The van der Waals surface area contributed by atoms with E-state index in [1.54, 1.807) is 0 Å². The largest absolute Gasteiger partial charge is 0.381 e. The van der Waals surface area contributed by atoms with Gasteiger partial charge in [-0.3, -0.25) is 0 Å². The van der Waals surface area contributed by atoms with Crippen molar-refractivity contribution in [1.82, 2.24) is 5.48 Å². The highest BCUT2D eigenvalue weighted by Gasteiger charge is 1.95. The van der Waals surface area contributed by atoms with Crippen molar-refractivity contribution in [3.8, 4) is 0 Å². The minimum atomic E-state index is 0.720. The molecule has 18 heavy (non-hydrogen) atoms. The highest BCUT2D eigenvalue weighted by molar-refractivity contribution is 4.48. The first-order valence-electron chi connectivity index (χ1n) is 7.69. The SMILES string of the molecule is CCONCCCOCCCCCCCC(C)C. The molecule has 0 saturated carbocycles. The fraction of sp³-hybridized carbons (Fsp3) is 1.00. The van der Waals surface area contributed by atoms with Gasteiger partial charge in [-0.2, -0.15) is 0 Å². The molecule has 3 heteroatoms. The molecule has 0 aliphatic rings. The molecule has 0 aromatic carbocycles. The first kappa shape index (κ1) is 17.9. The number of rotatable bonds is 14. The summed E-state index contributed by atoms with van der Waals surface area (Å²) in [7, 11) is 0. The van der Waals surface area contributed by atoms with Crippen molar-refractivity contribution in [2.75, 3.05) is 26.4 Å². The number of unbranched alkanes of at least 4 members (excludes halogenated alkanes) is 4. The van der Waals surface area contributed by atoms with Crippen LogP contribution in [0.25, 0.3) is 0 Å². The Kier molecular flexibility index (Phi) is 14.8. The lowest BCUT2D eigenvalue weighted by Crippen LogP contribution is -2.17. The Morgan fingerprint density at radius 2 is 1.56 bits per heavy atom. The normalized spacial score (nSPS) is 11.3. The highest BCUT2D eigenvalue weighted by atomic mass is 16.6. The molecule has 0 atom stereocenters. The predicted octanol–water partition coefficient (Wildman–Crippen LogP) is 3.93. The van der Waals surface area contributed by atoms with Crippen LogP contribution in [0, 0.1) is 5.92 Å². The van der Waals surface area contributed by atoms with Crippen LogP contribution in [0.4, 0.5) is 0 Å². The van der Waals surface area contributed by atoms with E-state index in [1.807, 2.05) is 6.92 Å². The standard InChI is InChI=1S/C15H33NO2/c1-4-18-16-12-10-14-17-13-9-7-5-6-8-11-15(2)3/h15-16H,4-14H2,1-3H3. The molecule has 0 aliphatic heterocycles. The van der Waals surface area contributed by atoms with Crippen LogP contribution in [0.3, 0.4) is 0 Å². The number of hydrogen-bond acceptors (Lipinski definition) is 3. The lowest BCUT2D eigenvalue weighted by Gasteiger charge is -2.06. The summed E-state index contributed by atoms with van der Waals surface area (Å²) >= 11 is 0. The van der Waals surface area contributed by atoms with Gasteiger partial charge in [-0.1, -0.05) is 46.0 Å². The Hall–Kier alpha value is -0.120. The van der Waals surface area contributed by atoms with Crippen molar-refractivity contribution in [1.29, 1.82) is 0 Å². The van der Waals surface area contributed by atoms with Gasteiger partial charge in [-0.25, -0.2) is 5.48 Å².